The number of fused-ring (bicyclic) bond motifs is 1. The molecule has 2 aromatic carbocycles. The smallest absolute Gasteiger partial charge is 0.266 e. The van der Waals surface area contributed by atoms with Gasteiger partial charge in [0.05, 0.1) is 11.4 Å². The molecule has 2 heterocycles. The van der Waals surface area contributed by atoms with Gasteiger partial charge in [-0.25, -0.2) is 9.98 Å². The molecular formula is C30H33N3O. The fourth-order valence-electron chi connectivity index (χ4n) is 3.75. The van der Waals surface area contributed by atoms with E-state index in [1.165, 1.54) is 0 Å². The second kappa shape index (κ2) is 12.4. The highest BCUT2D eigenvalue weighted by molar-refractivity contribution is 6.48. The summed E-state index contributed by atoms with van der Waals surface area (Å²) in [6, 6.07) is 20.1. The van der Waals surface area contributed by atoms with Gasteiger partial charge in [-0.05, 0) is 30.1 Å². The largest absolute Gasteiger partial charge is 0.282 e. The highest BCUT2D eigenvalue weighted by Gasteiger charge is 2.35. The third kappa shape index (κ3) is 5.76. The van der Waals surface area contributed by atoms with Crippen LogP contribution in [0.5, 0.6) is 0 Å². The van der Waals surface area contributed by atoms with E-state index in [4.69, 9.17) is 9.98 Å². The van der Waals surface area contributed by atoms with Crippen molar-refractivity contribution in [1.82, 2.24) is 4.90 Å². The molecule has 0 unspecified atom stereocenters. The first-order chi connectivity index (χ1) is 16.8. The minimum atomic E-state index is -0.112. The number of carbonyl (C=O) groups is 1. The normalized spacial score (nSPS) is 17.4. The van der Waals surface area contributed by atoms with Gasteiger partial charge in [-0.1, -0.05) is 107 Å². The Bertz CT molecular complexity index is 1170. The molecule has 0 aromatic heterocycles. The van der Waals surface area contributed by atoms with Crippen LogP contribution in [-0.2, 0) is 11.2 Å². The van der Waals surface area contributed by atoms with Crippen LogP contribution in [-0.4, -0.2) is 22.4 Å². The topological polar surface area (TPSA) is 45.0 Å². The number of carbonyl (C=O) groups excluding carboxylic acids is 1. The standard InChI is InChI=1S/C26H21N3O.2C2H6/c30-26-23(17-20-12-6-2-7-13-20)28-25-22(16-19-10-4-1-5-11-19)27-24(18-29(25)26)21-14-8-3-9-15-21;2*1-2/h1,3-6,8-15,17-18H,2,7,16H2;2*1-2H3/b23-17-;;. The highest BCUT2D eigenvalue weighted by atomic mass is 16.2. The van der Waals surface area contributed by atoms with Crippen LogP contribution in [0.3, 0.4) is 0 Å². The van der Waals surface area contributed by atoms with E-state index in [1.807, 2.05) is 88.4 Å². The summed E-state index contributed by atoms with van der Waals surface area (Å²) in [4.78, 5) is 24.4. The molecule has 2 aromatic rings. The number of hydrogen-bond donors (Lipinski definition) is 0. The Labute approximate surface area is 203 Å². The molecule has 0 saturated heterocycles. The lowest BCUT2D eigenvalue weighted by molar-refractivity contribution is -0.120. The molecule has 4 heteroatoms. The minimum absolute atomic E-state index is 0.112. The Morgan fingerprint density at radius 3 is 2.21 bits per heavy atom. The minimum Gasteiger partial charge on any atom is -0.266 e. The summed E-state index contributed by atoms with van der Waals surface area (Å²) in [6.07, 6.45) is 12.6. The maximum absolute atomic E-state index is 13.2. The van der Waals surface area contributed by atoms with Crippen molar-refractivity contribution in [2.75, 3.05) is 0 Å². The summed E-state index contributed by atoms with van der Waals surface area (Å²) in [7, 11) is 0. The first kappa shape index (κ1) is 24.8. The first-order valence-electron chi connectivity index (χ1n) is 12.2. The first-order valence-corrected chi connectivity index (χ1v) is 12.2. The van der Waals surface area contributed by atoms with Crippen LogP contribution >= 0.6 is 0 Å². The Morgan fingerprint density at radius 2 is 1.56 bits per heavy atom. The molecule has 0 radical (unpaired) electrons. The van der Waals surface area contributed by atoms with Crippen molar-refractivity contribution in [1.29, 1.82) is 0 Å². The van der Waals surface area contributed by atoms with Crippen LogP contribution < -0.4 is 0 Å². The van der Waals surface area contributed by atoms with Gasteiger partial charge in [0.25, 0.3) is 5.91 Å². The van der Waals surface area contributed by atoms with Gasteiger partial charge in [0, 0.05) is 18.2 Å². The number of benzene rings is 2. The van der Waals surface area contributed by atoms with E-state index < -0.39 is 0 Å². The highest BCUT2D eigenvalue weighted by Crippen LogP contribution is 2.28. The average Bonchev–Trinajstić information content (AvgIpc) is 3.23. The number of allylic oxidation sites excluding steroid dienone is 5. The van der Waals surface area contributed by atoms with Crippen LogP contribution in [0.1, 0.15) is 51.7 Å². The molecule has 1 amide bonds. The average molecular weight is 452 g/mol. The SMILES string of the molecule is CC.CC.O=C1/C(=C/C2=CCCC=C2)N=C2C(Cc3ccccc3)=NC(c3ccccc3)=CN12. The van der Waals surface area contributed by atoms with E-state index >= 15 is 0 Å². The molecule has 0 spiro atoms. The lowest BCUT2D eigenvalue weighted by Gasteiger charge is -2.21. The number of hydrogen-bond acceptors (Lipinski definition) is 3. The molecule has 34 heavy (non-hydrogen) atoms. The zero-order valence-electron chi connectivity index (χ0n) is 20.5. The number of amidine groups is 1. The zero-order valence-corrected chi connectivity index (χ0v) is 20.5. The molecule has 2 aliphatic heterocycles. The Morgan fingerprint density at radius 1 is 0.882 bits per heavy atom. The van der Waals surface area contributed by atoms with Crippen LogP contribution in [0.2, 0.25) is 0 Å². The van der Waals surface area contributed by atoms with Gasteiger partial charge in [0.1, 0.15) is 5.70 Å². The van der Waals surface area contributed by atoms with E-state index in [2.05, 4.69) is 24.3 Å². The second-order valence-corrected chi connectivity index (χ2v) is 7.43. The van der Waals surface area contributed by atoms with E-state index in [9.17, 15) is 4.79 Å². The quantitative estimate of drug-likeness (QED) is 0.456. The van der Waals surface area contributed by atoms with Gasteiger partial charge in [0.15, 0.2) is 5.84 Å². The lowest BCUT2D eigenvalue weighted by atomic mass is 10.1. The van der Waals surface area contributed by atoms with Crippen molar-refractivity contribution in [2.45, 2.75) is 47.0 Å². The molecule has 4 nitrogen and oxygen atoms in total. The fraction of sp³-hybridized carbons (Fsp3) is 0.233. The van der Waals surface area contributed by atoms with Crippen LogP contribution in [0.4, 0.5) is 0 Å². The summed E-state index contributed by atoms with van der Waals surface area (Å²) in [5.74, 6) is 0.508. The monoisotopic (exact) mass is 451 g/mol. The van der Waals surface area contributed by atoms with E-state index in [1.54, 1.807) is 11.1 Å². The second-order valence-electron chi connectivity index (χ2n) is 7.43. The van der Waals surface area contributed by atoms with Gasteiger partial charge < -0.3 is 0 Å². The van der Waals surface area contributed by atoms with Crippen LogP contribution in [0, 0.1) is 0 Å². The Kier molecular flexibility index (Phi) is 9.10. The van der Waals surface area contributed by atoms with Crippen molar-refractivity contribution < 1.29 is 4.79 Å². The van der Waals surface area contributed by atoms with Crippen molar-refractivity contribution in [3.05, 3.63) is 114 Å². The summed E-state index contributed by atoms with van der Waals surface area (Å²) in [6.45, 7) is 8.00. The summed E-state index contributed by atoms with van der Waals surface area (Å²) in [5.41, 5.74) is 5.16. The molecule has 0 N–H and O–H groups in total. The third-order valence-corrected chi connectivity index (χ3v) is 5.27. The molecule has 5 rings (SSSR count). The Balaban J connectivity index is 0.000000771. The predicted molar refractivity (Wildman–Crippen MR) is 144 cm³/mol. The van der Waals surface area contributed by atoms with Crippen molar-refractivity contribution in [3.8, 4) is 0 Å². The number of rotatable bonds is 4. The summed E-state index contributed by atoms with van der Waals surface area (Å²) < 4.78 is 0. The predicted octanol–water partition coefficient (Wildman–Crippen LogP) is 7.14. The van der Waals surface area contributed by atoms with E-state index in [0.717, 1.165) is 41.0 Å². The van der Waals surface area contributed by atoms with Crippen molar-refractivity contribution in [3.63, 3.8) is 0 Å². The van der Waals surface area contributed by atoms with Crippen molar-refractivity contribution >= 4 is 23.2 Å². The molecule has 1 aliphatic carbocycles. The van der Waals surface area contributed by atoms with Gasteiger partial charge in [-0.2, -0.15) is 0 Å². The number of nitrogens with zero attached hydrogens (tertiary/aromatic N) is 3. The fourth-order valence-corrected chi connectivity index (χ4v) is 3.75. The molecule has 3 aliphatic rings. The van der Waals surface area contributed by atoms with E-state index in [-0.39, 0.29) is 5.91 Å². The molecule has 0 bridgehead atoms. The zero-order chi connectivity index (χ0) is 24.3. The van der Waals surface area contributed by atoms with Crippen LogP contribution in [0.15, 0.2) is 112 Å². The van der Waals surface area contributed by atoms with E-state index in [0.29, 0.717) is 18.0 Å². The number of aliphatic imine (C=N–C) groups is 2. The molecule has 0 saturated carbocycles. The van der Waals surface area contributed by atoms with Gasteiger partial charge in [-0.15, -0.1) is 0 Å². The lowest BCUT2D eigenvalue weighted by Crippen LogP contribution is -2.36. The summed E-state index contributed by atoms with van der Waals surface area (Å²) in [5, 5.41) is 0. The summed E-state index contributed by atoms with van der Waals surface area (Å²) >= 11 is 0. The van der Waals surface area contributed by atoms with Gasteiger partial charge >= 0.3 is 0 Å². The maximum atomic E-state index is 13.2. The maximum Gasteiger partial charge on any atom is 0.282 e. The molecule has 0 atom stereocenters. The molecular weight excluding hydrogens is 418 g/mol. The third-order valence-electron chi connectivity index (χ3n) is 5.27. The van der Waals surface area contributed by atoms with Crippen molar-refractivity contribution in [2.24, 2.45) is 9.98 Å². The molecule has 174 valence electrons. The van der Waals surface area contributed by atoms with Gasteiger partial charge in [0.2, 0.25) is 0 Å². The molecule has 0 fully saturated rings. The van der Waals surface area contributed by atoms with Crippen LogP contribution in [0.25, 0.3) is 5.70 Å². The number of amides is 1. The Hall–Kier alpha value is -3.79. The van der Waals surface area contributed by atoms with Gasteiger partial charge in [-0.3, -0.25) is 9.69 Å².